The molecule has 0 heterocycles. The standard InChI is InChI=1S/C66H133NO3/c1-3-5-7-9-11-13-15-17-19-21-23-25-27-29-31-33-35-37-39-41-43-45-47-49-51-53-55-57-59-61-65(69)64(63-68)67-66(70)62-60-58-56-54-52-50-48-46-44-42-40-38-36-34-32-30-28-26-24-22-20-18-16-14-12-10-8-6-4-2/h64-65,68-69H,3-63H2,1-2H3,(H,67,70). The zero-order chi connectivity index (χ0) is 50.6. The van der Waals surface area contributed by atoms with Crippen LogP contribution in [-0.4, -0.2) is 34.9 Å². The van der Waals surface area contributed by atoms with Crippen LogP contribution < -0.4 is 5.32 Å². The fourth-order valence-electron chi connectivity index (χ4n) is 11.1. The molecule has 0 saturated carbocycles. The lowest BCUT2D eigenvalue weighted by Crippen LogP contribution is -2.45. The largest absolute Gasteiger partial charge is 0.394 e. The van der Waals surface area contributed by atoms with Crippen molar-refractivity contribution in [2.75, 3.05) is 6.61 Å². The number of carbonyl (C=O) groups excluding carboxylic acids is 1. The molecule has 4 heteroatoms. The van der Waals surface area contributed by atoms with Crippen LogP contribution in [0.1, 0.15) is 399 Å². The normalized spacial score (nSPS) is 12.6. The summed E-state index contributed by atoms with van der Waals surface area (Å²) in [5.41, 5.74) is 0. The molecule has 0 aliphatic heterocycles. The van der Waals surface area contributed by atoms with Crippen molar-refractivity contribution in [1.29, 1.82) is 0 Å². The fourth-order valence-corrected chi connectivity index (χ4v) is 11.1. The smallest absolute Gasteiger partial charge is 0.220 e. The van der Waals surface area contributed by atoms with Crippen molar-refractivity contribution >= 4 is 5.91 Å². The molecule has 4 nitrogen and oxygen atoms in total. The van der Waals surface area contributed by atoms with Crippen LogP contribution in [0.2, 0.25) is 0 Å². The molecule has 0 aliphatic rings. The summed E-state index contributed by atoms with van der Waals surface area (Å²) in [5, 5.41) is 23.4. The van der Waals surface area contributed by atoms with Gasteiger partial charge in [0.2, 0.25) is 5.91 Å². The molecule has 70 heavy (non-hydrogen) atoms. The maximum absolute atomic E-state index is 12.5. The summed E-state index contributed by atoms with van der Waals surface area (Å²) in [4.78, 5) is 12.5. The van der Waals surface area contributed by atoms with Crippen molar-refractivity contribution in [3.8, 4) is 0 Å². The van der Waals surface area contributed by atoms with Crippen molar-refractivity contribution in [3.63, 3.8) is 0 Å². The Hall–Kier alpha value is -0.610. The number of aliphatic hydroxyl groups excluding tert-OH is 2. The van der Waals surface area contributed by atoms with Crippen molar-refractivity contribution in [3.05, 3.63) is 0 Å². The average molecular weight is 989 g/mol. The van der Waals surface area contributed by atoms with E-state index in [0.29, 0.717) is 12.8 Å². The van der Waals surface area contributed by atoms with Crippen molar-refractivity contribution in [2.24, 2.45) is 0 Å². The summed E-state index contributed by atoms with van der Waals surface area (Å²) in [7, 11) is 0. The fraction of sp³-hybridized carbons (Fsp3) is 0.985. The Labute approximate surface area is 442 Å². The SMILES string of the molecule is CCCCCCCCCCCCCCCCCCCCCCCCCCCCCCCC(=O)NC(CO)C(O)CCCCCCCCCCCCCCCCCCCCCCCCCCCCCCC. The van der Waals surface area contributed by atoms with Gasteiger partial charge in [-0.05, 0) is 12.8 Å². The maximum Gasteiger partial charge on any atom is 0.220 e. The average Bonchev–Trinajstić information content (AvgIpc) is 3.36. The third kappa shape index (κ3) is 58.3. The monoisotopic (exact) mass is 988 g/mol. The molecule has 2 atom stereocenters. The number of carbonyl (C=O) groups is 1. The molecular weight excluding hydrogens is 855 g/mol. The van der Waals surface area contributed by atoms with E-state index in [4.69, 9.17) is 0 Å². The summed E-state index contributed by atoms with van der Waals surface area (Å²) in [6, 6.07) is -0.532. The Kier molecular flexibility index (Phi) is 62.1. The lowest BCUT2D eigenvalue weighted by molar-refractivity contribution is -0.123. The first-order valence-electron chi connectivity index (χ1n) is 33.2. The van der Waals surface area contributed by atoms with E-state index in [1.165, 1.54) is 347 Å². The molecule has 0 aliphatic carbocycles. The number of aliphatic hydroxyl groups is 2. The molecule has 0 fully saturated rings. The Bertz CT molecular complexity index is 940. The van der Waals surface area contributed by atoms with E-state index < -0.39 is 12.1 Å². The van der Waals surface area contributed by atoms with Gasteiger partial charge in [0.15, 0.2) is 0 Å². The van der Waals surface area contributed by atoms with Gasteiger partial charge in [0, 0.05) is 6.42 Å². The summed E-state index contributed by atoms with van der Waals surface area (Å²) >= 11 is 0. The van der Waals surface area contributed by atoms with Gasteiger partial charge in [-0.3, -0.25) is 4.79 Å². The minimum absolute atomic E-state index is 0.0197. The van der Waals surface area contributed by atoms with Crippen LogP contribution in [0, 0.1) is 0 Å². The molecule has 0 saturated heterocycles. The van der Waals surface area contributed by atoms with E-state index in [0.717, 1.165) is 25.7 Å². The van der Waals surface area contributed by atoms with E-state index in [1.54, 1.807) is 0 Å². The zero-order valence-electron chi connectivity index (χ0n) is 48.6. The van der Waals surface area contributed by atoms with Gasteiger partial charge < -0.3 is 15.5 Å². The highest BCUT2D eigenvalue weighted by atomic mass is 16.3. The van der Waals surface area contributed by atoms with E-state index in [9.17, 15) is 15.0 Å². The van der Waals surface area contributed by atoms with Gasteiger partial charge in [0.25, 0.3) is 0 Å². The van der Waals surface area contributed by atoms with Gasteiger partial charge in [-0.25, -0.2) is 0 Å². The summed E-state index contributed by atoms with van der Waals surface area (Å²) < 4.78 is 0. The first-order chi connectivity index (χ1) is 34.7. The second-order valence-electron chi connectivity index (χ2n) is 23.3. The summed E-state index contributed by atoms with van der Waals surface area (Å²) in [6.07, 6.45) is 81.5. The van der Waals surface area contributed by atoms with Crippen LogP contribution >= 0.6 is 0 Å². The lowest BCUT2D eigenvalue weighted by atomic mass is 10.0. The van der Waals surface area contributed by atoms with Crippen LogP contribution in [0.5, 0.6) is 0 Å². The topological polar surface area (TPSA) is 69.6 Å². The molecule has 2 unspecified atom stereocenters. The van der Waals surface area contributed by atoms with Crippen LogP contribution in [0.25, 0.3) is 0 Å². The second kappa shape index (κ2) is 62.7. The molecule has 0 spiro atoms. The first-order valence-corrected chi connectivity index (χ1v) is 33.2. The van der Waals surface area contributed by atoms with E-state index in [-0.39, 0.29) is 12.5 Å². The second-order valence-corrected chi connectivity index (χ2v) is 23.3. The molecule has 0 bridgehead atoms. The van der Waals surface area contributed by atoms with Crippen LogP contribution in [-0.2, 0) is 4.79 Å². The van der Waals surface area contributed by atoms with Gasteiger partial charge in [-0.15, -0.1) is 0 Å². The molecule has 1 amide bonds. The lowest BCUT2D eigenvalue weighted by Gasteiger charge is -2.22. The number of hydrogen-bond acceptors (Lipinski definition) is 3. The number of rotatable bonds is 63. The number of unbranched alkanes of at least 4 members (excludes halogenated alkanes) is 56. The highest BCUT2D eigenvalue weighted by molar-refractivity contribution is 5.76. The van der Waals surface area contributed by atoms with Gasteiger partial charge in [0.05, 0.1) is 18.8 Å². The Morgan fingerprint density at radius 2 is 0.457 bits per heavy atom. The molecular formula is C66H133NO3. The van der Waals surface area contributed by atoms with Gasteiger partial charge in [-0.2, -0.15) is 0 Å². The van der Waals surface area contributed by atoms with E-state index >= 15 is 0 Å². The minimum atomic E-state index is -0.656. The summed E-state index contributed by atoms with van der Waals surface area (Å²) in [5.74, 6) is -0.0197. The van der Waals surface area contributed by atoms with Crippen molar-refractivity contribution in [1.82, 2.24) is 5.32 Å². The quantitative estimate of drug-likeness (QED) is 0.0532. The van der Waals surface area contributed by atoms with Crippen molar-refractivity contribution in [2.45, 2.75) is 411 Å². The predicted molar refractivity (Wildman–Crippen MR) is 313 cm³/mol. The molecule has 3 N–H and O–H groups in total. The zero-order valence-corrected chi connectivity index (χ0v) is 48.6. The van der Waals surface area contributed by atoms with Crippen LogP contribution in [0.4, 0.5) is 0 Å². The van der Waals surface area contributed by atoms with Crippen LogP contribution in [0.15, 0.2) is 0 Å². The van der Waals surface area contributed by atoms with E-state index in [2.05, 4.69) is 19.2 Å². The molecule has 0 aromatic carbocycles. The molecule has 0 aromatic heterocycles. The third-order valence-corrected chi connectivity index (χ3v) is 16.1. The van der Waals surface area contributed by atoms with Crippen molar-refractivity contribution < 1.29 is 15.0 Å². The number of hydrogen-bond donors (Lipinski definition) is 3. The predicted octanol–water partition coefficient (Wildman–Crippen LogP) is 22.3. The first kappa shape index (κ1) is 69.4. The molecule has 420 valence electrons. The third-order valence-electron chi connectivity index (χ3n) is 16.1. The Morgan fingerprint density at radius 3 is 0.643 bits per heavy atom. The Balaban J connectivity index is 3.36. The van der Waals surface area contributed by atoms with Gasteiger partial charge in [-0.1, -0.05) is 380 Å². The molecule has 0 radical (unpaired) electrons. The molecule has 0 rings (SSSR count). The number of amides is 1. The van der Waals surface area contributed by atoms with Gasteiger partial charge >= 0.3 is 0 Å². The minimum Gasteiger partial charge on any atom is -0.394 e. The van der Waals surface area contributed by atoms with Crippen LogP contribution in [0.3, 0.4) is 0 Å². The van der Waals surface area contributed by atoms with E-state index in [1.807, 2.05) is 0 Å². The number of nitrogens with one attached hydrogen (secondary N) is 1. The van der Waals surface area contributed by atoms with Gasteiger partial charge in [0.1, 0.15) is 0 Å². The highest BCUT2D eigenvalue weighted by Gasteiger charge is 2.20. The molecule has 0 aromatic rings. The maximum atomic E-state index is 12.5. The highest BCUT2D eigenvalue weighted by Crippen LogP contribution is 2.20. The Morgan fingerprint density at radius 1 is 0.286 bits per heavy atom. The summed E-state index contributed by atoms with van der Waals surface area (Å²) in [6.45, 7) is 4.42.